The molecule has 29 heavy (non-hydrogen) atoms. The van der Waals surface area contributed by atoms with E-state index in [2.05, 4.69) is 10.6 Å². The molecule has 2 N–H and O–H groups in total. The van der Waals surface area contributed by atoms with E-state index in [1.807, 2.05) is 0 Å². The minimum atomic E-state index is -0.495. The highest BCUT2D eigenvalue weighted by atomic mass is 35.5. The molecule has 2 rings (SSSR count). The van der Waals surface area contributed by atoms with Crippen LogP contribution in [0.4, 0.5) is 17.1 Å². The zero-order chi connectivity index (χ0) is 21.4. The number of para-hydroxylation sites is 2. The van der Waals surface area contributed by atoms with Gasteiger partial charge in [-0.05, 0) is 24.3 Å². The average molecular weight is 421 g/mol. The number of rotatable bonds is 9. The Morgan fingerprint density at radius 1 is 1.21 bits per heavy atom. The van der Waals surface area contributed by atoms with Crippen molar-refractivity contribution in [3.05, 3.63) is 57.6 Å². The molecule has 10 heteroatoms. The van der Waals surface area contributed by atoms with E-state index < -0.39 is 10.8 Å². The Kier molecular flexibility index (Phi) is 7.79. The minimum absolute atomic E-state index is 0.0658. The Hall–Kier alpha value is -3.33. The van der Waals surface area contributed by atoms with Crippen molar-refractivity contribution in [2.75, 3.05) is 37.9 Å². The second kappa shape index (κ2) is 10.3. The third-order valence-corrected chi connectivity index (χ3v) is 4.23. The van der Waals surface area contributed by atoms with Crippen LogP contribution in [-0.4, -0.2) is 48.9 Å². The van der Waals surface area contributed by atoms with Crippen LogP contribution < -0.4 is 15.4 Å². The molecule has 0 saturated heterocycles. The number of methoxy groups -OCH3 is 1. The number of benzene rings is 2. The number of nitro groups is 1. The van der Waals surface area contributed by atoms with E-state index in [4.69, 9.17) is 16.3 Å². The predicted molar refractivity (Wildman–Crippen MR) is 110 cm³/mol. The summed E-state index contributed by atoms with van der Waals surface area (Å²) in [7, 11) is 2.97. The number of amides is 2. The van der Waals surface area contributed by atoms with Crippen molar-refractivity contribution in [2.24, 2.45) is 0 Å². The molecule has 0 radical (unpaired) electrons. The SMILES string of the molecule is COc1ccc(Cl)cc1NC(=O)CN(C)C(=O)CCNc1ccccc1[N+](=O)[O-]. The maximum Gasteiger partial charge on any atom is 0.292 e. The van der Waals surface area contributed by atoms with Gasteiger partial charge in [0.15, 0.2) is 0 Å². The van der Waals surface area contributed by atoms with Gasteiger partial charge in [0.05, 0.1) is 24.3 Å². The standard InChI is InChI=1S/C19H21ClN4O5/c1-23(12-18(25)22-15-11-13(20)7-8-17(15)29-2)19(26)9-10-21-14-5-3-4-6-16(14)24(27)28/h3-8,11,21H,9-10,12H2,1-2H3,(H,22,25). The van der Waals surface area contributed by atoms with Crippen molar-refractivity contribution in [3.8, 4) is 5.75 Å². The van der Waals surface area contributed by atoms with Crippen LogP contribution in [0.15, 0.2) is 42.5 Å². The predicted octanol–water partition coefficient (Wildman–Crippen LogP) is 3.16. The summed E-state index contributed by atoms with van der Waals surface area (Å²) in [5.41, 5.74) is 0.672. The van der Waals surface area contributed by atoms with Crippen molar-refractivity contribution < 1.29 is 19.2 Å². The summed E-state index contributed by atoms with van der Waals surface area (Å²) in [6, 6.07) is 11.0. The molecule has 0 fully saturated rings. The largest absolute Gasteiger partial charge is 0.495 e. The van der Waals surface area contributed by atoms with Crippen molar-refractivity contribution in [1.29, 1.82) is 0 Å². The topological polar surface area (TPSA) is 114 Å². The van der Waals surface area contributed by atoms with Crippen molar-refractivity contribution in [1.82, 2.24) is 4.90 Å². The summed E-state index contributed by atoms with van der Waals surface area (Å²) < 4.78 is 5.17. The van der Waals surface area contributed by atoms with Gasteiger partial charge >= 0.3 is 0 Å². The molecule has 0 aliphatic carbocycles. The highest BCUT2D eigenvalue weighted by Gasteiger charge is 2.16. The zero-order valence-electron chi connectivity index (χ0n) is 16.0. The quantitative estimate of drug-likeness (QED) is 0.475. The molecule has 154 valence electrons. The summed E-state index contributed by atoms with van der Waals surface area (Å²) in [4.78, 5) is 36.2. The first-order valence-corrected chi connectivity index (χ1v) is 9.04. The smallest absolute Gasteiger partial charge is 0.292 e. The van der Waals surface area contributed by atoms with E-state index >= 15 is 0 Å². The van der Waals surface area contributed by atoms with Gasteiger partial charge in [0.25, 0.3) is 5.69 Å². The number of anilines is 2. The van der Waals surface area contributed by atoms with E-state index in [0.717, 1.165) is 0 Å². The minimum Gasteiger partial charge on any atom is -0.495 e. The molecule has 0 spiro atoms. The highest BCUT2D eigenvalue weighted by molar-refractivity contribution is 6.31. The highest BCUT2D eigenvalue weighted by Crippen LogP contribution is 2.27. The molecule has 9 nitrogen and oxygen atoms in total. The van der Waals surface area contributed by atoms with Gasteiger partial charge in [-0.15, -0.1) is 0 Å². The van der Waals surface area contributed by atoms with Crippen LogP contribution in [0.3, 0.4) is 0 Å². The lowest BCUT2D eigenvalue weighted by molar-refractivity contribution is -0.384. The van der Waals surface area contributed by atoms with Crippen molar-refractivity contribution in [3.63, 3.8) is 0 Å². The fourth-order valence-electron chi connectivity index (χ4n) is 2.55. The summed E-state index contributed by atoms with van der Waals surface area (Å²) in [6.45, 7) is 0.0255. The Morgan fingerprint density at radius 2 is 1.93 bits per heavy atom. The Morgan fingerprint density at radius 3 is 2.62 bits per heavy atom. The van der Waals surface area contributed by atoms with Gasteiger partial charge in [0.1, 0.15) is 11.4 Å². The van der Waals surface area contributed by atoms with Crippen molar-refractivity contribution in [2.45, 2.75) is 6.42 Å². The van der Waals surface area contributed by atoms with E-state index in [1.54, 1.807) is 36.4 Å². The van der Waals surface area contributed by atoms with Crippen LogP contribution in [0.25, 0.3) is 0 Å². The summed E-state index contributed by atoms with van der Waals surface area (Å²) >= 11 is 5.93. The molecule has 0 heterocycles. The Labute approximate surface area is 172 Å². The fourth-order valence-corrected chi connectivity index (χ4v) is 2.72. The molecule has 0 atom stereocenters. The van der Waals surface area contributed by atoms with Gasteiger partial charge in [0, 0.05) is 31.1 Å². The average Bonchev–Trinajstić information content (AvgIpc) is 2.68. The van der Waals surface area contributed by atoms with Gasteiger partial charge in [-0.1, -0.05) is 23.7 Å². The lowest BCUT2D eigenvalue weighted by atomic mass is 10.2. The van der Waals surface area contributed by atoms with Crippen LogP contribution in [0.1, 0.15) is 6.42 Å². The first-order valence-electron chi connectivity index (χ1n) is 8.66. The van der Waals surface area contributed by atoms with Gasteiger partial charge in [-0.25, -0.2) is 0 Å². The van der Waals surface area contributed by atoms with E-state index in [9.17, 15) is 19.7 Å². The number of nitrogens with one attached hydrogen (secondary N) is 2. The first-order chi connectivity index (χ1) is 13.8. The number of halogens is 1. The molecule has 0 aromatic heterocycles. The maximum absolute atomic E-state index is 12.2. The summed E-state index contributed by atoms with van der Waals surface area (Å²) in [5, 5.41) is 17.0. The molecule has 0 saturated carbocycles. The van der Waals surface area contributed by atoms with Crippen LogP contribution in [-0.2, 0) is 9.59 Å². The lowest BCUT2D eigenvalue weighted by Gasteiger charge is -2.18. The number of hydrogen-bond acceptors (Lipinski definition) is 6. The number of likely N-dealkylation sites (N-methyl/N-ethyl adjacent to an activating group) is 1. The summed E-state index contributed by atoms with van der Waals surface area (Å²) in [5.74, 6) is -0.247. The van der Waals surface area contributed by atoms with E-state index in [0.29, 0.717) is 22.1 Å². The molecular weight excluding hydrogens is 400 g/mol. The number of carbonyl (C=O) groups is 2. The number of nitrogens with zero attached hydrogens (tertiary/aromatic N) is 2. The van der Waals surface area contributed by atoms with Gasteiger partial charge < -0.3 is 20.3 Å². The third-order valence-electron chi connectivity index (χ3n) is 4.00. The van der Waals surface area contributed by atoms with E-state index in [1.165, 1.54) is 25.1 Å². The molecule has 0 aliphatic heterocycles. The number of nitro benzene ring substituents is 1. The molecule has 2 aromatic carbocycles. The Balaban J connectivity index is 1.85. The molecular formula is C19H21ClN4O5. The number of ether oxygens (including phenoxy) is 1. The molecule has 0 bridgehead atoms. The second-order valence-corrected chi connectivity index (χ2v) is 6.53. The molecule has 0 unspecified atom stereocenters. The van der Waals surface area contributed by atoms with Crippen molar-refractivity contribution >= 4 is 40.5 Å². The van der Waals surface area contributed by atoms with Gasteiger partial charge in [-0.2, -0.15) is 0 Å². The molecule has 0 aliphatic rings. The van der Waals surface area contributed by atoms with Crippen LogP contribution >= 0.6 is 11.6 Å². The number of carbonyl (C=O) groups excluding carboxylic acids is 2. The normalized spacial score (nSPS) is 10.2. The molecule has 2 aromatic rings. The zero-order valence-corrected chi connectivity index (χ0v) is 16.7. The van der Waals surface area contributed by atoms with Crippen LogP contribution in [0, 0.1) is 10.1 Å². The second-order valence-electron chi connectivity index (χ2n) is 6.09. The fraction of sp³-hybridized carbons (Fsp3) is 0.263. The monoisotopic (exact) mass is 420 g/mol. The van der Waals surface area contributed by atoms with Gasteiger partial charge in [-0.3, -0.25) is 19.7 Å². The van der Waals surface area contributed by atoms with Gasteiger partial charge in [0.2, 0.25) is 11.8 Å². The van der Waals surface area contributed by atoms with Crippen LogP contribution in [0.5, 0.6) is 5.75 Å². The number of hydrogen-bond donors (Lipinski definition) is 2. The lowest BCUT2D eigenvalue weighted by Crippen LogP contribution is -2.35. The first kappa shape index (κ1) is 22.0. The van der Waals surface area contributed by atoms with Crippen LogP contribution in [0.2, 0.25) is 5.02 Å². The molecule has 2 amide bonds. The maximum atomic E-state index is 12.2. The summed E-state index contributed by atoms with van der Waals surface area (Å²) in [6.07, 6.45) is 0.0658. The van der Waals surface area contributed by atoms with E-state index in [-0.39, 0.29) is 31.1 Å². The Bertz CT molecular complexity index is 906. The third kappa shape index (κ3) is 6.35.